The molecule has 0 spiro atoms. The summed E-state index contributed by atoms with van der Waals surface area (Å²) in [6, 6.07) is 12.3. The lowest BCUT2D eigenvalue weighted by molar-refractivity contribution is 0.0647. The second-order valence-corrected chi connectivity index (χ2v) is 7.17. The smallest absolute Gasteiger partial charge is 0.261 e. The van der Waals surface area contributed by atoms with E-state index in [1.54, 1.807) is 12.1 Å². The minimum absolute atomic E-state index is 0.279. The number of aryl methyl sites for hydroxylation is 1. The van der Waals surface area contributed by atoms with Gasteiger partial charge in [-0.3, -0.25) is 19.3 Å². The van der Waals surface area contributed by atoms with E-state index in [1.807, 2.05) is 31.2 Å². The zero-order valence-electron chi connectivity index (χ0n) is 15.9. The molecule has 0 bridgehead atoms. The van der Waals surface area contributed by atoms with Crippen LogP contribution in [0.3, 0.4) is 0 Å². The van der Waals surface area contributed by atoms with Crippen molar-refractivity contribution in [3.63, 3.8) is 0 Å². The average molecular weight is 364 g/mol. The predicted molar refractivity (Wildman–Crippen MR) is 105 cm³/mol. The first-order valence-electron chi connectivity index (χ1n) is 9.31. The van der Waals surface area contributed by atoms with Crippen molar-refractivity contribution in [3.8, 4) is 0 Å². The molecule has 3 rings (SSSR count). The molecule has 0 unspecified atom stereocenters. The highest BCUT2D eigenvalue weighted by atomic mass is 16.2. The molecule has 1 aliphatic rings. The minimum Gasteiger partial charge on any atom is -0.322 e. The van der Waals surface area contributed by atoms with Gasteiger partial charge in [0.25, 0.3) is 17.7 Å². The van der Waals surface area contributed by atoms with Crippen LogP contribution in [0.15, 0.2) is 42.5 Å². The van der Waals surface area contributed by atoms with Crippen molar-refractivity contribution >= 4 is 23.4 Å². The Balaban J connectivity index is 1.82. The fourth-order valence-corrected chi connectivity index (χ4v) is 3.17. The standard InChI is InChI=1S/C22H24N2O3/c1-4-15-7-5-6-8-19(15)23-20(25)16-9-10-17-18(13-16)22(27)24(21(17)26)12-11-14(2)3/h5-10,13-14H,4,11-12H2,1-3H3,(H,23,25). The highest BCUT2D eigenvalue weighted by Gasteiger charge is 2.35. The molecule has 5 nitrogen and oxygen atoms in total. The van der Waals surface area contributed by atoms with Crippen molar-refractivity contribution in [2.24, 2.45) is 5.92 Å². The van der Waals surface area contributed by atoms with Crippen molar-refractivity contribution in [1.82, 2.24) is 4.90 Å². The van der Waals surface area contributed by atoms with Gasteiger partial charge in [0, 0.05) is 17.8 Å². The molecule has 0 saturated heterocycles. The largest absolute Gasteiger partial charge is 0.322 e. The zero-order chi connectivity index (χ0) is 19.6. The summed E-state index contributed by atoms with van der Waals surface area (Å²) in [6.07, 6.45) is 1.56. The van der Waals surface area contributed by atoms with Crippen molar-refractivity contribution in [3.05, 3.63) is 64.7 Å². The molecule has 0 atom stereocenters. The van der Waals surface area contributed by atoms with Crippen molar-refractivity contribution in [2.45, 2.75) is 33.6 Å². The maximum atomic E-state index is 12.6. The van der Waals surface area contributed by atoms with Crippen LogP contribution in [0.2, 0.25) is 0 Å². The molecule has 140 valence electrons. The van der Waals surface area contributed by atoms with Gasteiger partial charge in [-0.1, -0.05) is 39.0 Å². The average Bonchev–Trinajstić information content (AvgIpc) is 2.90. The summed E-state index contributed by atoms with van der Waals surface area (Å²) in [5.41, 5.74) is 2.84. The highest BCUT2D eigenvalue weighted by Crippen LogP contribution is 2.25. The number of anilines is 1. The van der Waals surface area contributed by atoms with Crippen LogP contribution in [0, 0.1) is 5.92 Å². The van der Waals surface area contributed by atoms with Crippen LogP contribution in [0.5, 0.6) is 0 Å². The van der Waals surface area contributed by atoms with E-state index in [-0.39, 0.29) is 17.7 Å². The monoisotopic (exact) mass is 364 g/mol. The first-order valence-corrected chi connectivity index (χ1v) is 9.31. The van der Waals surface area contributed by atoms with Crippen LogP contribution >= 0.6 is 0 Å². The molecule has 27 heavy (non-hydrogen) atoms. The quantitative estimate of drug-likeness (QED) is 0.783. The Hall–Kier alpha value is -2.95. The topological polar surface area (TPSA) is 66.5 Å². The van der Waals surface area contributed by atoms with Crippen molar-refractivity contribution < 1.29 is 14.4 Å². The lowest BCUT2D eigenvalue weighted by Gasteiger charge is -2.14. The van der Waals surface area contributed by atoms with Crippen LogP contribution < -0.4 is 5.32 Å². The fraction of sp³-hybridized carbons (Fsp3) is 0.318. The molecule has 3 amide bonds. The third-order valence-electron chi connectivity index (χ3n) is 4.81. The van der Waals surface area contributed by atoms with Crippen molar-refractivity contribution in [2.75, 3.05) is 11.9 Å². The lowest BCUT2D eigenvalue weighted by Crippen LogP contribution is -2.31. The molecule has 1 aliphatic heterocycles. The van der Waals surface area contributed by atoms with E-state index in [2.05, 4.69) is 19.2 Å². The Bertz CT molecular complexity index is 902. The SMILES string of the molecule is CCc1ccccc1NC(=O)c1ccc2c(c1)C(=O)N(CCC(C)C)C2=O. The Morgan fingerprint density at radius 2 is 1.74 bits per heavy atom. The second kappa shape index (κ2) is 7.74. The highest BCUT2D eigenvalue weighted by molar-refractivity contribution is 6.22. The summed E-state index contributed by atoms with van der Waals surface area (Å²) < 4.78 is 0. The van der Waals surface area contributed by atoms with E-state index >= 15 is 0 Å². The van der Waals surface area contributed by atoms with Gasteiger partial charge < -0.3 is 5.32 Å². The predicted octanol–water partition coefficient (Wildman–Crippen LogP) is 4.14. The number of para-hydroxylation sites is 1. The normalized spacial score (nSPS) is 13.3. The van der Waals surface area contributed by atoms with Crippen LogP contribution in [-0.2, 0) is 6.42 Å². The third-order valence-corrected chi connectivity index (χ3v) is 4.81. The van der Waals surface area contributed by atoms with Gasteiger partial charge >= 0.3 is 0 Å². The maximum Gasteiger partial charge on any atom is 0.261 e. The lowest BCUT2D eigenvalue weighted by atomic mass is 10.0. The summed E-state index contributed by atoms with van der Waals surface area (Å²) in [5, 5.41) is 2.90. The summed E-state index contributed by atoms with van der Waals surface area (Å²) in [4.78, 5) is 39.0. The van der Waals surface area contributed by atoms with E-state index in [1.165, 1.54) is 11.0 Å². The number of fused-ring (bicyclic) bond motifs is 1. The zero-order valence-corrected chi connectivity index (χ0v) is 15.9. The van der Waals surface area contributed by atoms with E-state index in [4.69, 9.17) is 0 Å². The molecular weight excluding hydrogens is 340 g/mol. The van der Waals surface area contributed by atoms with Crippen LogP contribution in [0.1, 0.15) is 63.8 Å². The molecular formula is C22H24N2O3. The summed E-state index contributed by atoms with van der Waals surface area (Å²) in [6.45, 7) is 6.52. The number of carbonyl (C=O) groups is 3. The van der Waals surface area contributed by atoms with Crippen LogP contribution in [-0.4, -0.2) is 29.2 Å². The maximum absolute atomic E-state index is 12.6. The van der Waals surface area contributed by atoms with E-state index in [0.717, 1.165) is 24.1 Å². The molecule has 0 aromatic heterocycles. The Kier molecular flexibility index (Phi) is 5.40. The minimum atomic E-state index is -0.320. The third kappa shape index (κ3) is 3.77. The Morgan fingerprint density at radius 3 is 2.44 bits per heavy atom. The van der Waals surface area contributed by atoms with E-state index in [0.29, 0.717) is 29.2 Å². The number of rotatable bonds is 6. The van der Waals surface area contributed by atoms with E-state index in [9.17, 15) is 14.4 Å². The van der Waals surface area contributed by atoms with Gasteiger partial charge in [0.15, 0.2) is 0 Å². The number of hydrogen-bond donors (Lipinski definition) is 1. The van der Waals surface area contributed by atoms with E-state index < -0.39 is 0 Å². The molecule has 2 aromatic carbocycles. The molecule has 1 heterocycles. The summed E-state index contributed by atoms with van der Waals surface area (Å²) in [5.74, 6) is -0.493. The molecule has 0 radical (unpaired) electrons. The fourth-order valence-electron chi connectivity index (χ4n) is 3.17. The number of carbonyl (C=O) groups excluding carboxylic acids is 3. The van der Waals surface area contributed by atoms with Gasteiger partial charge in [-0.05, 0) is 48.6 Å². The molecule has 2 aromatic rings. The number of amides is 3. The van der Waals surface area contributed by atoms with Crippen molar-refractivity contribution in [1.29, 1.82) is 0 Å². The van der Waals surface area contributed by atoms with Gasteiger partial charge in [-0.15, -0.1) is 0 Å². The number of nitrogens with one attached hydrogen (secondary N) is 1. The first-order chi connectivity index (χ1) is 12.9. The molecule has 0 aliphatic carbocycles. The number of benzene rings is 2. The Labute approximate surface area is 159 Å². The van der Waals surface area contributed by atoms with Gasteiger partial charge in [0.05, 0.1) is 11.1 Å². The molecule has 0 fully saturated rings. The van der Waals surface area contributed by atoms with Gasteiger partial charge in [0.2, 0.25) is 0 Å². The number of nitrogens with zero attached hydrogens (tertiary/aromatic N) is 1. The summed E-state index contributed by atoms with van der Waals surface area (Å²) in [7, 11) is 0. The Morgan fingerprint density at radius 1 is 1.04 bits per heavy atom. The molecule has 0 saturated carbocycles. The first kappa shape index (κ1) is 18.8. The summed E-state index contributed by atoms with van der Waals surface area (Å²) >= 11 is 0. The van der Waals surface area contributed by atoms with Gasteiger partial charge in [-0.25, -0.2) is 0 Å². The van der Waals surface area contributed by atoms with Crippen LogP contribution in [0.25, 0.3) is 0 Å². The second-order valence-electron chi connectivity index (χ2n) is 7.17. The molecule has 5 heteroatoms. The molecule has 1 N–H and O–H groups in total. The number of hydrogen-bond acceptors (Lipinski definition) is 3. The van der Waals surface area contributed by atoms with Gasteiger partial charge in [-0.2, -0.15) is 0 Å². The van der Waals surface area contributed by atoms with Crippen LogP contribution in [0.4, 0.5) is 5.69 Å². The van der Waals surface area contributed by atoms with Gasteiger partial charge in [0.1, 0.15) is 0 Å². The number of imide groups is 1.